The Hall–Kier alpha value is -0.280. The lowest BCUT2D eigenvalue weighted by Crippen LogP contribution is -2.57. The smallest absolute Gasteiger partial charge is 0.0595 e. The van der Waals surface area contributed by atoms with Gasteiger partial charge in [-0.25, -0.2) is 0 Å². The Kier molecular flexibility index (Phi) is 6.36. The highest BCUT2D eigenvalue weighted by Crippen LogP contribution is 2.26. The van der Waals surface area contributed by atoms with Crippen molar-refractivity contribution in [2.75, 3.05) is 13.1 Å². The summed E-state index contributed by atoms with van der Waals surface area (Å²) in [5.74, 6) is 0.693. The molecule has 0 amide bonds. The van der Waals surface area contributed by atoms with E-state index in [-0.39, 0.29) is 0 Å². The minimum atomic E-state index is 0.590. The number of benzene rings is 1. The molecule has 1 saturated heterocycles. The van der Waals surface area contributed by atoms with Gasteiger partial charge in [-0.1, -0.05) is 56.5 Å². The molecule has 1 aromatic rings. The number of hydrogen-bond acceptors (Lipinski definition) is 2. The Morgan fingerprint density at radius 1 is 1.29 bits per heavy atom. The Labute approximate surface area is 138 Å². The van der Waals surface area contributed by atoms with E-state index in [0.717, 1.165) is 19.6 Å². The zero-order chi connectivity index (χ0) is 15.4. The van der Waals surface area contributed by atoms with Crippen LogP contribution in [-0.4, -0.2) is 30.1 Å². The monoisotopic (exact) mass is 328 g/mol. The summed E-state index contributed by atoms with van der Waals surface area (Å²) >= 11 is 12.2. The van der Waals surface area contributed by atoms with Crippen LogP contribution in [0, 0.1) is 5.92 Å². The van der Waals surface area contributed by atoms with Gasteiger partial charge in [-0.3, -0.25) is 4.90 Å². The lowest BCUT2D eigenvalue weighted by atomic mass is 9.93. The second-order valence-electron chi connectivity index (χ2n) is 6.14. The maximum Gasteiger partial charge on any atom is 0.0595 e. The summed E-state index contributed by atoms with van der Waals surface area (Å²) in [7, 11) is 0. The van der Waals surface area contributed by atoms with Crippen LogP contribution in [0.2, 0.25) is 10.0 Å². The van der Waals surface area contributed by atoms with Crippen LogP contribution in [-0.2, 0) is 6.54 Å². The van der Waals surface area contributed by atoms with Gasteiger partial charge in [0, 0.05) is 31.7 Å². The molecule has 1 fully saturated rings. The van der Waals surface area contributed by atoms with Gasteiger partial charge in [0.1, 0.15) is 0 Å². The van der Waals surface area contributed by atoms with Gasteiger partial charge >= 0.3 is 0 Å². The Morgan fingerprint density at radius 2 is 2.05 bits per heavy atom. The molecule has 0 aromatic heterocycles. The first-order valence-corrected chi connectivity index (χ1v) is 8.72. The third kappa shape index (κ3) is 4.35. The number of halogens is 2. The molecule has 1 heterocycles. The molecule has 2 rings (SSSR count). The zero-order valence-corrected chi connectivity index (χ0v) is 14.7. The van der Waals surface area contributed by atoms with Crippen LogP contribution >= 0.6 is 23.2 Å². The van der Waals surface area contributed by atoms with Crippen molar-refractivity contribution >= 4 is 23.2 Å². The van der Waals surface area contributed by atoms with E-state index in [1.807, 2.05) is 12.1 Å². The van der Waals surface area contributed by atoms with Crippen molar-refractivity contribution in [3.63, 3.8) is 0 Å². The minimum Gasteiger partial charge on any atom is -0.311 e. The number of nitrogens with one attached hydrogen (secondary N) is 1. The largest absolute Gasteiger partial charge is 0.311 e. The third-order valence-electron chi connectivity index (χ3n) is 4.70. The number of hydrogen-bond donors (Lipinski definition) is 1. The van der Waals surface area contributed by atoms with Crippen LogP contribution in [0.1, 0.15) is 39.2 Å². The fraction of sp³-hybridized carbons (Fsp3) is 0.647. The summed E-state index contributed by atoms with van der Waals surface area (Å²) in [6.45, 7) is 10.00. The normalized spacial score (nSPS) is 25.0. The SMILES string of the molecule is CCC1CN(Cc2ccc(Cl)c(Cl)c2)C(C(C)CC)CN1. The first-order valence-electron chi connectivity index (χ1n) is 7.96. The van der Waals surface area contributed by atoms with E-state index in [0.29, 0.717) is 28.0 Å². The van der Waals surface area contributed by atoms with Crippen molar-refractivity contribution in [2.24, 2.45) is 5.92 Å². The highest BCUT2D eigenvalue weighted by atomic mass is 35.5. The second-order valence-corrected chi connectivity index (χ2v) is 6.96. The number of piperazine rings is 1. The van der Waals surface area contributed by atoms with Gasteiger partial charge < -0.3 is 5.32 Å². The molecule has 118 valence electrons. The molecule has 3 atom stereocenters. The lowest BCUT2D eigenvalue weighted by Gasteiger charge is -2.43. The van der Waals surface area contributed by atoms with Crippen molar-refractivity contribution in [2.45, 2.75) is 52.2 Å². The first-order chi connectivity index (χ1) is 10.0. The molecule has 1 aromatic carbocycles. The van der Waals surface area contributed by atoms with Crippen LogP contribution in [0.4, 0.5) is 0 Å². The second kappa shape index (κ2) is 7.82. The van der Waals surface area contributed by atoms with Crippen molar-refractivity contribution < 1.29 is 0 Å². The average molecular weight is 329 g/mol. The Balaban J connectivity index is 2.12. The maximum absolute atomic E-state index is 6.15. The van der Waals surface area contributed by atoms with E-state index >= 15 is 0 Å². The van der Waals surface area contributed by atoms with E-state index < -0.39 is 0 Å². The molecular weight excluding hydrogens is 303 g/mol. The van der Waals surface area contributed by atoms with Crippen LogP contribution in [0.25, 0.3) is 0 Å². The van der Waals surface area contributed by atoms with Crippen LogP contribution < -0.4 is 5.32 Å². The van der Waals surface area contributed by atoms with Crippen molar-refractivity contribution in [1.82, 2.24) is 10.2 Å². The lowest BCUT2D eigenvalue weighted by molar-refractivity contribution is 0.0833. The molecule has 2 nitrogen and oxygen atoms in total. The highest BCUT2D eigenvalue weighted by Gasteiger charge is 2.30. The van der Waals surface area contributed by atoms with Crippen molar-refractivity contribution in [1.29, 1.82) is 0 Å². The topological polar surface area (TPSA) is 15.3 Å². The molecular formula is C17H26Cl2N2. The summed E-state index contributed by atoms with van der Waals surface area (Å²) in [5, 5.41) is 4.96. The van der Waals surface area contributed by atoms with Crippen molar-refractivity contribution in [3.05, 3.63) is 33.8 Å². The van der Waals surface area contributed by atoms with Gasteiger partial charge in [0.25, 0.3) is 0 Å². The molecule has 0 bridgehead atoms. The molecule has 1 N–H and O–H groups in total. The molecule has 0 radical (unpaired) electrons. The fourth-order valence-corrected chi connectivity index (χ4v) is 3.38. The van der Waals surface area contributed by atoms with E-state index in [2.05, 4.69) is 37.1 Å². The highest BCUT2D eigenvalue weighted by molar-refractivity contribution is 6.42. The van der Waals surface area contributed by atoms with Gasteiger partial charge in [0.05, 0.1) is 10.0 Å². The molecule has 4 heteroatoms. The predicted molar refractivity (Wildman–Crippen MR) is 92.2 cm³/mol. The molecule has 1 aliphatic rings. The summed E-state index contributed by atoms with van der Waals surface area (Å²) < 4.78 is 0. The Bertz CT molecular complexity index is 464. The van der Waals surface area contributed by atoms with Crippen LogP contribution in [0.15, 0.2) is 18.2 Å². The summed E-state index contributed by atoms with van der Waals surface area (Å²) in [6, 6.07) is 7.17. The summed E-state index contributed by atoms with van der Waals surface area (Å²) in [6.07, 6.45) is 2.38. The average Bonchev–Trinajstić information content (AvgIpc) is 2.50. The fourth-order valence-electron chi connectivity index (χ4n) is 3.06. The van der Waals surface area contributed by atoms with Gasteiger partial charge in [0.2, 0.25) is 0 Å². The summed E-state index contributed by atoms with van der Waals surface area (Å²) in [5.41, 5.74) is 1.24. The quantitative estimate of drug-likeness (QED) is 0.850. The van der Waals surface area contributed by atoms with E-state index in [1.165, 1.54) is 18.4 Å². The molecule has 0 aliphatic carbocycles. The van der Waals surface area contributed by atoms with E-state index in [9.17, 15) is 0 Å². The first kappa shape index (κ1) is 17.1. The Morgan fingerprint density at radius 3 is 2.67 bits per heavy atom. The van der Waals surface area contributed by atoms with Gasteiger partial charge in [0.15, 0.2) is 0 Å². The number of nitrogens with zero attached hydrogens (tertiary/aromatic N) is 1. The van der Waals surface area contributed by atoms with Gasteiger partial charge in [-0.05, 0) is 30.0 Å². The zero-order valence-electron chi connectivity index (χ0n) is 13.2. The number of rotatable bonds is 5. The summed E-state index contributed by atoms with van der Waals surface area (Å²) in [4.78, 5) is 2.61. The minimum absolute atomic E-state index is 0.590. The van der Waals surface area contributed by atoms with Gasteiger partial charge in [-0.15, -0.1) is 0 Å². The van der Waals surface area contributed by atoms with Crippen LogP contribution in [0.3, 0.4) is 0 Å². The van der Waals surface area contributed by atoms with Crippen LogP contribution in [0.5, 0.6) is 0 Å². The predicted octanol–water partition coefficient (Wildman–Crippen LogP) is 4.59. The van der Waals surface area contributed by atoms with E-state index in [1.54, 1.807) is 0 Å². The van der Waals surface area contributed by atoms with E-state index in [4.69, 9.17) is 23.2 Å². The molecule has 0 spiro atoms. The van der Waals surface area contributed by atoms with Crippen molar-refractivity contribution in [3.8, 4) is 0 Å². The molecule has 1 aliphatic heterocycles. The third-order valence-corrected chi connectivity index (χ3v) is 5.44. The molecule has 21 heavy (non-hydrogen) atoms. The molecule has 0 saturated carbocycles. The van der Waals surface area contributed by atoms with Gasteiger partial charge in [-0.2, -0.15) is 0 Å². The maximum atomic E-state index is 6.15. The molecule has 3 unspecified atom stereocenters. The standard InChI is InChI=1S/C17H26Cl2N2/c1-4-12(3)17-9-20-14(5-2)11-21(17)10-13-6-7-15(18)16(19)8-13/h6-8,12,14,17,20H,4-5,9-11H2,1-3H3.